The lowest BCUT2D eigenvalue weighted by Gasteiger charge is -2.30. The SMILES string of the molecule is Cc1noc(C)c1CC(=O)Nc1ccccc1N1CCCCC1. The van der Waals surface area contributed by atoms with Crippen molar-refractivity contribution in [1.82, 2.24) is 5.16 Å². The number of benzene rings is 1. The third-order valence-electron chi connectivity index (χ3n) is 4.39. The van der Waals surface area contributed by atoms with E-state index >= 15 is 0 Å². The fourth-order valence-corrected chi connectivity index (χ4v) is 3.10. The first-order valence-corrected chi connectivity index (χ1v) is 8.20. The number of aromatic nitrogens is 1. The van der Waals surface area contributed by atoms with Gasteiger partial charge in [0, 0.05) is 18.7 Å². The monoisotopic (exact) mass is 313 g/mol. The Labute approximate surface area is 136 Å². The minimum atomic E-state index is -0.0381. The molecule has 1 aliphatic heterocycles. The van der Waals surface area contributed by atoms with Gasteiger partial charge in [-0.15, -0.1) is 0 Å². The zero-order valence-corrected chi connectivity index (χ0v) is 13.8. The Balaban J connectivity index is 1.73. The average molecular weight is 313 g/mol. The second-order valence-corrected chi connectivity index (χ2v) is 6.09. The number of hydrogen-bond donors (Lipinski definition) is 1. The summed E-state index contributed by atoms with van der Waals surface area (Å²) in [5.74, 6) is 0.672. The molecule has 0 atom stereocenters. The third-order valence-corrected chi connectivity index (χ3v) is 4.39. The Bertz CT molecular complexity index is 668. The van der Waals surface area contributed by atoms with Gasteiger partial charge in [0.25, 0.3) is 0 Å². The number of amides is 1. The molecule has 1 N–H and O–H groups in total. The number of carbonyl (C=O) groups is 1. The van der Waals surface area contributed by atoms with E-state index in [1.54, 1.807) is 0 Å². The zero-order chi connectivity index (χ0) is 16.2. The van der Waals surface area contributed by atoms with Crippen LogP contribution >= 0.6 is 0 Å². The topological polar surface area (TPSA) is 58.4 Å². The van der Waals surface area contributed by atoms with Crippen LogP contribution < -0.4 is 10.2 Å². The van der Waals surface area contributed by atoms with Gasteiger partial charge >= 0.3 is 0 Å². The number of hydrogen-bond acceptors (Lipinski definition) is 4. The molecule has 2 heterocycles. The Morgan fingerprint density at radius 1 is 1.22 bits per heavy atom. The predicted octanol–water partition coefficient (Wildman–Crippen LogP) is 3.46. The van der Waals surface area contributed by atoms with Gasteiger partial charge in [0.05, 0.1) is 23.5 Å². The van der Waals surface area contributed by atoms with Crippen molar-refractivity contribution in [3.63, 3.8) is 0 Å². The summed E-state index contributed by atoms with van der Waals surface area (Å²) in [6.07, 6.45) is 4.00. The first-order valence-electron chi connectivity index (χ1n) is 8.20. The Hall–Kier alpha value is -2.30. The standard InChI is InChI=1S/C18H23N3O2/c1-13-15(14(2)23-20-13)12-18(22)19-16-8-4-5-9-17(16)21-10-6-3-7-11-21/h4-5,8-9H,3,6-7,10-12H2,1-2H3,(H,19,22). The summed E-state index contributed by atoms with van der Waals surface area (Å²) in [6.45, 7) is 5.80. The lowest BCUT2D eigenvalue weighted by molar-refractivity contribution is -0.115. The van der Waals surface area contributed by atoms with E-state index in [0.717, 1.165) is 35.7 Å². The number of anilines is 2. The molecule has 0 radical (unpaired) electrons. The van der Waals surface area contributed by atoms with E-state index in [2.05, 4.69) is 21.4 Å². The maximum atomic E-state index is 12.4. The number of para-hydroxylation sites is 2. The average Bonchev–Trinajstić information content (AvgIpc) is 2.88. The summed E-state index contributed by atoms with van der Waals surface area (Å²) in [5, 5.41) is 6.95. The van der Waals surface area contributed by atoms with Crippen molar-refractivity contribution >= 4 is 17.3 Å². The minimum absolute atomic E-state index is 0.0381. The molecule has 0 aliphatic carbocycles. The van der Waals surface area contributed by atoms with E-state index in [0.29, 0.717) is 5.76 Å². The van der Waals surface area contributed by atoms with Gasteiger partial charge in [-0.2, -0.15) is 0 Å². The van der Waals surface area contributed by atoms with Crippen molar-refractivity contribution in [3.8, 4) is 0 Å². The molecule has 1 aromatic carbocycles. The maximum absolute atomic E-state index is 12.4. The van der Waals surface area contributed by atoms with Crippen LogP contribution in [0.3, 0.4) is 0 Å². The molecular weight excluding hydrogens is 290 g/mol. The van der Waals surface area contributed by atoms with Crippen molar-refractivity contribution < 1.29 is 9.32 Å². The zero-order valence-electron chi connectivity index (χ0n) is 13.8. The van der Waals surface area contributed by atoms with Crippen LogP contribution in [0.5, 0.6) is 0 Å². The maximum Gasteiger partial charge on any atom is 0.229 e. The molecule has 0 spiro atoms. The van der Waals surface area contributed by atoms with Gasteiger partial charge in [0.1, 0.15) is 5.76 Å². The molecule has 1 aliphatic rings. The van der Waals surface area contributed by atoms with E-state index in [1.807, 2.05) is 32.0 Å². The Morgan fingerprint density at radius 3 is 2.65 bits per heavy atom. The first kappa shape index (κ1) is 15.6. The lowest BCUT2D eigenvalue weighted by atomic mass is 10.1. The smallest absolute Gasteiger partial charge is 0.229 e. The van der Waals surface area contributed by atoms with E-state index in [4.69, 9.17) is 4.52 Å². The summed E-state index contributed by atoms with van der Waals surface area (Å²) >= 11 is 0. The van der Waals surface area contributed by atoms with Crippen LogP contribution in [0.1, 0.15) is 36.3 Å². The van der Waals surface area contributed by atoms with Crippen LogP contribution in [0.4, 0.5) is 11.4 Å². The second-order valence-electron chi connectivity index (χ2n) is 6.09. The molecule has 5 heteroatoms. The molecule has 1 fully saturated rings. The highest BCUT2D eigenvalue weighted by molar-refractivity contribution is 5.95. The quantitative estimate of drug-likeness (QED) is 0.939. The van der Waals surface area contributed by atoms with Gasteiger partial charge in [0.2, 0.25) is 5.91 Å². The molecule has 3 rings (SSSR count). The van der Waals surface area contributed by atoms with Crippen molar-refractivity contribution in [1.29, 1.82) is 0 Å². The summed E-state index contributed by atoms with van der Waals surface area (Å²) in [4.78, 5) is 14.8. The van der Waals surface area contributed by atoms with Crippen LogP contribution in [0.25, 0.3) is 0 Å². The van der Waals surface area contributed by atoms with Gasteiger partial charge in [-0.05, 0) is 45.2 Å². The van der Waals surface area contributed by atoms with Gasteiger partial charge in [-0.25, -0.2) is 0 Å². The van der Waals surface area contributed by atoms with Crippen molar-refractivity contribution in [2.45, 2.75) is 39.5 Å². The van der Waals surface area contributed by atoms with Gasteiger partial charge in [0.15, 0.2) is 0 Å². The summed E-state index contributed by atoms with van der Waals surface area (Å²) in [7, 11) is 0. The largest absolute Gasteiger partial charge is 0.370 e. The second kappa shape index (κ2) is 6.86. The molecule has 1 amide bonds. The summed E-state index contributed by atoms with van der Waals surface area (Å²) in [5.41, 5.74) is 3.64. The number of piperidine rings is 1. The number of nitrogens with one attached hydrogen (secondary N) is 1. The molecule has 1 aromatic heterocycles. The molecular formula is C18H23N3O2. The van der Waals surface area contributed by atoms with E-state index in [1.165, 1.54) is 19.3 Å². The first-order chi connectivity index (χ1) is 11.1. The van der Waals surface area contributed by atoms with Crippen LogP contribution in [0.15, 0.2) is 28.8 Å². The van der Waals surface area contributed by atoms with Crippen molar-refractivity contribution in [2.75, 3.05) is 23.3 Å². The minimum Gasteiger partial charge on any atom is -0.370 e. The normalized spacial score (nSPS) is 14.8. The van der Waals surface area contributed by atoms with Gasteiger partial charge < -0.3 is 14.7 Å². The molecule has 2 aromatic rings. The van der Waals surface area contributed by atoms with Crippen LogP contribution in [0, 0.1) is 13.8 Å². The highest BCUT2D eigenvalue weighted by Gasteiger charge is 2.17. The van der Waals surface area contributed by atoms with Crippen LogP contribution in [0.2, 0.25) is 0 Å². The van der Waals surface area contributed by atoms with Crippen LogP contribution in [-0.2, 0) is 11.2 Å². The highest BCUT2D eigenvalue weighted by Crippen LogP contribution is 2.28. The number of aryl methyl sites for hydroxylation is 2. The van der Waals surface area contributed by atoms with Crippen LogP contribution in [-0.4, -0.2) is 24.2 Å². The van der Waals surface area contributed by atoms with E-state index in [9.17, 15) is 4.79 Å². The van der Waals surface area contributed by atoms with E-state index < -0.39 is 0 Å². The number of nitrogens with zero attached hydrogens (tertiary/aromatic N) is 2. The number of carbonyl (C=O) groups excluding carboxylic acids is 1. The molecule has 0 unspecified atom stereocenters. The fraction of sp³-hybridized carbons (Fsp3) is 0.444. The summed E-state index contributed by atoms with van der Waals surface area (Å²) < 4.78 is 5.13. The molecule has 122 valence electrons. The van der Waals surface area contributed by atoms with Crippen molar-refractivity contribution in [3.05, 3.63) is 41.3 Å². The Kier molecular flexibility index (Phi) is 4.65. The predicted molar refractivity (Wildman–Crippen MR) is 90.8 cm³/mol. The van der Waals surface area contributed by atoms with E-state index in [-0.39, 0.29) is 12.3 Å². The highest BCUT2D eigenvalue weighted by atomic mass is 16.5. The molecule has 0 bridgehead atoms. The lowest BCUT2D eigenvalue weighted by Crippen LogP contribution is -2.30. The summed E-state index contributed by atoms with van der Waals surface area (Å²) in [6, 6.07) is 8.03. The molecule has 0 saturated carbocycles. The fourth-order valence-electron chi connectivity index (χ4n) is 3.10. The molecule has 1 saturated heterocycles. The van der Waals surface area contributed by atoms with Crippen molar-refractivity contribution in [2.24, 2.45) is 0 Å². The van der Waals surface area contributed by atoms with Gasteiger partial charge in [-0.3, -0.25) is 4.79 Å². The Morgan fingerprint density at radius 2 is 1.96 bits per heavy atom. The van der Waals surface area contributed by atoms with Gasteiger partial charge in [-0.1, -0.05) is 17.3 Å². The molecule has 23 heavy (non-hydrogen) atoms. The third kappa shape index (κ3) is 3.55. The molecule has 5 nitrogen and oxygen atoms in total. The number of rotatable bonds is 4.